The van der Waals surface area contributed by atoms with Crippen LogP contribution >= 0.6 is 0 Å². The van der Waals surface area contributed by atoms with Crippen molar-refractivity contribution in [3.63, 3.8) is 0 Å². The Morgan fingerprint density at radius 2 is 2.10 bits per heavy atom. The Labute approximate surface area is 61.3 Å². The van der Waals surface area contributed by atoms with Gasteiger partial charge in [0, 0.05) is 26.7 Å². The summed E-state index contributed by atoms with van der Waals surface area (Å²) in [4.78, 5) is 0. The maximum absolute atomic E-state index is 11.1. The Morgan fingerprint density at radius 1 is 1.40 bits per heavy atom. The molecule has 0 aromatic heterocycles. The van der Waals surface area contributed by atoms with Crippen molar-refractivity contribution in [3.05, 3.63) is 0 Å². The van der Waals surface area contributed by atoms with Crippen LogP contribution in [0.4, 0.5) is 0 Å². The molecule has 0 radical (unpaired) electrons. The molecule has 0 unspecified atom stereocenters. The van der Waals surface area contributed by atoms with Gasteiger partial charge < -0.3 is 5.32 Å². The third-order valence-corrected chi connectivity index (χ3v) is 3.47. The molecule has 1 aliphatic heterocycles. The normalized spacial score (nSPS) is 27.7. The van der Waals surface area contributed by atoms with Gasteiger partial charge in [-0.25, -0.2) is 12.7 Å². The Hall–Kier alpha value is -0.130. The molecule has 0 aromatic carbocycles. The highest BCUT2D eigenvalue weighted by Gasteiger charge is 2.18. The summed E-state index contributed by atoms with van der Waals surface area (Å²) in [6.07, 6.45) is 0. The van der Waals surface area contributed by atoms with Crippen LogP contribution in [0.1, 0.15) is 0 Å². The summed E-state index contributed by atoms with van der Waals surface area (Å²) in [5.74, 6) is 0.226. The molecule has 0 spiro atoms. The maximum Gasteiger partial charge on any atom is 0.215 e. The van der Waals surface area contributed by atoms with Gasteiger partial charge in [-0.1, -0.05) is 0 Å². The first-order valence-corrected chi connectivity index (χ1v) is 4.88. The molecule has 1 fully saturated rings. The number of rotatable bonds is 0. The molecule has 1 saturated heterocycles. The Morgan fingerprint density at radius 3 is 2.80 bits per heavy atom. The van der Waals surface area contributed by atoms with E-state index < -0.39 is 10.0 Å². The minimum atomic E-state index is -2.93. The van der Waals surface area contributed by atoms with Crippen molar-refractivity contribution >= 4 is 10.0 Å². The summed E-state index contributed by atoms with van der Waals surface area (Å²) in [5, 5.41) is 3.01. The molecule has 1 rings (SSSR count). The maximum atomic E-state index is 11.1. The Balaban J connectivity index is 2.71. The van der Waals surface area contributed by atoms with Crippen molar-refractivity contribution < 1.29 is 8.42 Å². The van der Waals surface area contributed by atoms with Gasteiger partial charge in [0.1, 0.15) is 0 Å². The Bertz CT molecular complexity index is 200. The molecule has 0 aliphatic carbocycles. The van der Waals surface area contributed by atoms with Gasteiger partial charge in [-0.15, -0.1) is 0 Å². The molecule has 4 nitrogen and oxygen atoms in total. The monoisotopic (exact) mass is 164 g/mol. The van der Waals surface area contributed by atoms with Gasteiger partial charge in [0.15, 0.2) is 0 Å². The molecule has 0 saturated carbocycles. The summed E-state index contributed by atoms with van der Waals surface area (Å²) in [5.41, 5.74) is 0. The molecule has 60 valence electrons. The highest BCUT2D eigenvalue weighted by atomic mass is 32.2. The fourth-order valence-corrected chi connectivity index (χ4v) is 1.94. The topological polar surface area (TPSA) is 49.4 Å². The highest BCUT2D eigenvalue weighted by Crippen LogP contribution is 1.98. The average Bonchev–Trinajstić information content (AvgIpc) is 1.96. The van der Waals surface area contributed by atoms with Crippen LogP contribution < -0.4 is 5.32 Å². The molecule has 1 aliphatic rings. The number of nitrogens with zero attached hydrogens (tertiary/aromatic N) is 1. The SMILES string of the molecule is CN1CCNCCS1(=O)=O. The van der Waals surface area contributed by atoms with Crippen molar-refractivity contribution in [2.24, 2.45) is 0 Å². The van der Waals surface area contributed by atoms with Crippen molar-refractivity contribution in [2.75, 3.05) is 32.4 Å². The first-order chi connectivity index (χ1) is 4.63. The fourth-order valence-electron chi connectivity index (χ4n) is 0.858. The van der Waals surface area contributed by atoms with Gasteiger partial charge in [0.25, 0.3) is 0 Å². The van der Waals surface area contributed by atoms with E-state index >= 15 is 0 Å². The van der Waals surface area contributed by atoms with Gasteiger partial charge >= 0.3 is 0 Å². The number of likely N-dealkylation sites (N-methyl/N-ethyl adjacent to an activating group) is 1. The standard InChI is InChI=1S/C5H12N2O2S/c1-7-4-2-6-3-5-10(7,8)9/h6H,2-5H2,1H3. The van der Waals surface area contributed by atoms with Gasteiger partial charge in [-0.2, -0.15) is 0 Å². The summed E-state index contributed by atoms with van der Waals surface area (Å²) >= 11 is 0. The van der Waals surface area contributed by atoms with E-state index in [0.717, 1.165) is 6.54 Å². The van der Waals surface area contributed by atoms with E-state index in [4.69, 9.17) is 0 Å². The van der Waals surface area contributed by atoms with E-state index in [9.17, 15) is 8.42 Å². The van der Waals surface area contributed by atoms with E-state index in [2.05, 4.69) is 5.32 Å². The van der Waals surface area contributed by atoms with Gasteiger partial charge in [0.2, 0.25) is 10.0 Å². The molecule has 1 N–H and O–H groups in total. The molecule has 0 amide bonds. The van der Waals surface area contributed by atoms with Gasteiger partial charge in [0.05, 0.1) is 5.75 Å². The molecule has 1 heterocycles. The van der Waals surface area contributed by atoms with Crippen LogP contribution in [0, 0.1) is 0 Å². The first kappa shape index (κ1) is 7.97. The van der Waals surface area contributed by atoms with Gasteiger partial charge in [-0.3, -0.25) is 0 Å². The predicted octanol–water partition coefficient (Wildman–Crippen LogP) is -1.15. The van der Waals surface area contributed by atoms with Crippen molar-refractivity contribution in [1.82, 2.24) is 9.62 Å². The second kappa shape index (κ2) is 2.86. The lowest BCUT2D eigenvalue weighted by atomic mass is 10.6. The van der Waals surface area contributed by atoms with E-state index in [1.807, 2.05) is 0 Å². The van der Waals surface area contributed by atoms with Crippen LogP contribution in [-0.4, -0.2) is 45.2 Å². The zero-order valence-electron chi connectivity index (χ0n) is 6.00. The molecular formula is C5H12N2O2S. The lowest BCUT2D eigenvalue weighted by molar-refractivity contribution is 0.479. The van der Waals surface area contributed by atoms with Crippen LogP contribution in [0.2, 0.25) is 0 Å². The zero-order valence-corrected chi connectivity index (χ0v) is 6.82. The van der Waals surface area contributed by atoms with E-state index in [0.29, 0.717) is 13.1 Å². The number of nitrogens with one attached hydrogen (secondary N) is 1. The van der Waals surface area contributed by atoms with Crippen molar-refractivity contribution in [3.8, 4) is 0 Å². The Kier molecular flexibility index (Phi) is 2.28. The third kappa shape index (κ3) is 1.68. The summed E-state index contributed by atoms with van der Waals surface area (Å²) in [6.45, 7) is 1.92. The van der Waals surface area contributed by atoms with E-state index in [-0.39, 0.29) is 5.75 Å². The second-order valence-corrected chi connectivity index (χ2v) is 4.58. The molecule has 0 aromatic rings. The lowest BCUT2D eigenvalue weighted by Crippen LogP contribution is -2.29. The average molecular weight is 164 g/mol. The predicted molar refractivity (Wildman–Crippen MR) is 39.3 cm³/mol. The minimum Gasteiger partial charge on any atom is -0.314 e. The number of hydrogen-bond acceptors (Lipinski definition) is 3. The quantitative estimate of drug-likeness (QED) is 0.492. The largest absolute Gasteiger partial charge is 0.314 e. The third-order valence-electron chi connectivity index (χ3n) is 1.62. The molecule has 5 heteroatoms. The highest BCUT2D eigenvalue weighted by molar-refractivity contribution is 7.89. The molecule has 10 heavy (non-hydrogen) atoms. The molecular weight excluding hydrogens is 152 g/mol. The van der Waals surface area contributed by atoms with Gasteiger partial charge in [-0.05, 0) is 0 Å². The van der Waals surface area contributed by atoms with Crippen molar-refractivity contribution in [2.45, 2.75) is 0 Å². The second-order valence-electron chi connectivity index (χ2n) is 2.39. The minimum absolute atomic E-state index is 0.226. The lowest BCUT2D eigenvalue weighted by Gasteiger charge is -2.11. The molecule has 0 bridgehead atoms. The first-order valence-electron chi connectivity index (χ1n) is 3.28. The summed E-state index contributed by atoms with van der Waals surface area (Å²) in [7, 11) is -1.31. The van der Waals surface area contributed by atoms with Crippen LogP contribution in [0.15, 0.2) is 0 Å². The van der Waals surface area contributed by atoms with E-state index in [1.165, 1.54) is 4.31 Å². The van der Waals surface area contributed by atoms with Crippen molar-refractivity contribution in [1.29, 1.82) is 0 Å². The summed E-state index contributed by atoms with van der Waals surface area (Å²) < 4.78 is 23.6. The van der Waals surface area contributed by atoms with E-state index in [1.54, 1.807) is 7.05 Å². The fraction of sp³-hybridized carbons (Fsp3) is 1.00. The number of hydrogen-bond donors (Lipinski definition) is 1. The number of sulfonamides is 1. The van der Waals surface area contributed by atoms with Crippen LogP contribution in [-0.2, 0) is 10.0 Å². The molecule has 0 atom stereocenters. The summed E-state index contributed by atoms with van der Waals surface area (Å²) in [6, 6.07) is 0. The van der Waals surface area contributed by atoms with Crippen LogP contribution in [0.5, 0.6) is 0 Å². The zero-order chi connectivity index (χ0) is 7.61. The van der Waals surface area contributed by atoms with Crippen LogP contribution in [0.25, 0.3) is 0 Å². The van der Waals surface area contributed by atoms with Crippen LogP contribution in [0.3, 0.4) is 0 Å². The smallest absolute Gasteiger partial charge is 0.215 e.